The molecule has 88 valence electrons. The van der Waals surface area contributed by atoms with Gasteiger partial charge in [0.2, 0.25) is 0 Å². The summed E-state index contributed by atoms with van der Waals surface area (Å²) in [7, 11) is 0. The van der Waals surface area contributed by atoms with Crippen LogP contribution < -0.4 is 5.32 Å². The number of aliphatic hydroxyl groups excluding tert-OH is 1. The average Bonchev–Trinajstić information content (AvgIpc) is 2.74. The standard InChI is InChI=1S/C11H18N4O/c1-2-3-4-6-12-9-11-10-15(14-13-11)7-5-8-16/h1,10,12,16H,3-9H2. The highest BCUT2D eigenvalue weighted by atomic mass is 16.3. The van der Waals surface area contributed by atoms with Crippen LogP contribution in [0.25, 0.3) is 0 Å². The minimum atomic E-state index is 0.180. The minimum Gasteiger partial charge on any atom is -0.396 e. The summed E-state index contributed by atoms with van der Waals surface area (Å²) in [6.45, 7) is 2.50. The van der Waals surface area contributed by atoms with Crippen LogP contribution in [-0.2, 0) is 13.1 Å². The van der Waals surface area contributed by atoms with Gasteiger partial charge in [0.1, 0.15) is 0 Å². The molecular weight excluding hydrogens is 204 g/mol. The number of aromatic nitrogens is 3. The Hall–Kier alpha value is -1.38. The van der Waals surface area contributed by atoms with Gasteiger partial charge in [0.15, 0.2) is 0 Å². The molecule has 0 aliphatic rings. The molecule has 1 aromatic rings. The van der Waals surface area contributed by atoms with Gasteiger partial charge in [-0.15, -0.1) is 17.4 Å². The number of nitrogens with one attached hydrogen (secondary N) is 1. The first kappa shape index (κ1) is 12.7. The number of rotatable bonds is 8. The van der Waals surface area contributed by atoms with E-state index in [-0.39, 0.29) is 6.61 Å². The summed E-state index contributed by atoms with van der Waals surface area (Å²) in [6.07, 6.45) is 9.53. The second-order valence-corrected chi connectivity index (χ2v) is 3.53. The second-order valence-electron chi connectivity index (χ2n) is 3.53. The maximum absolute atomic E-state index is 8.67. The quantitative estimate of drug-likeness (QED) is 0.486. The molecule has 0 unspecified atom stereocenters. The Bertz CT molecular complexity index is 329. The predicted octanol–water partition coefficient (Wildman–Crippen LogP) is 0.163. The molecule has 0 spiro atoms. The van der Waals surface area contributed by atoms with Crippen molar-refractivity contribution in [3.8, 4) is 12.3 Å². The molecule has 16 heavy (non-hydrogen) atoms. The van der Waals surface area contributed by atoms with Crippen molar-refractivity contribution in [2.24, 2.45) is 0 Å². The molecule has 0 aromatic carbocycles. The molecule has 0 saturated carbocycles. The van der Waals surface area contributed by atoms with Crippen molar-refractivity contribution in [2.45, 2.75) is 32.4 Å². The van der Waals surface area contributed by atoms with E-state index >= 15 is 0 Å². The number of nitrogens with zero attached hydrogens (tertiary/aromatic N) is 3. The van der Waals surface area contributed by atoms with E-state index in [1.807, 2.05) is 6.20 Å². The van der Waals surface area contributed by atoms with Crippen LogP contribution >= 0.6 is 0 Å². The Kier molecular flexibility index (Phi) is 6.23. The van der Waals surface area contributed by atoms with Crippen LogP contribution in [-0.4, -0.2) is 33.3 Å². The highest BCUT2D eigenvalue weighted by Crippen LogP contribution is 1.94. The lowest BCUT2D eigenvalue weighted by Crippen LogP contribution is -2.14. The van der Waals surface area contributed by atoms with E-state index in [2.05, 4.69) is 21.5 Å². The number of aryl methyl sites for hydroxylation is 1. The molecule has 1 aromatic heterocycles. The highest BCUT2D eigenvalue weighted by Gasteiger charge is 1.99. The lowest BCUT2D eigenvalue weighted by molar-refractivity contribution is 0.276. The van der Waals surface area contributed by atoms with Crippen molar-refractivity contribution < 1.29 is 5.11 Å². The molecular formula is C11H18N4O. The molecule has 0 fully saturated rings. The monoisotopic (exact) mass is 222 g/mol. The maximum Gasteiger partial charge on any atom is 0.0964 e. The van der Waals surface area contributed by atoms with Gasteiger partial charge in [-0.2, -0.15) is 0 Å². The van der Waals surface area contributed by atoms with E-state index in [1.54, 1.807) is 4.68 Å². The number of hydrogen-bond acceptors (Lipinski definition) is 4. The second kappa shape index (κ2) is 7.85. The Morgan fingerprint density at radius 2 is 2.38 bits per heavy atom. The van der Waals surface area contributed by atoms with E-state index in [9.17, 15) is 0 Å². The van der Waals surface area contributed by atoms with Crippen LogP contribution in [0.4, 0.5) is 0 Å². The summed E-state index contributed by atoms with van der Waals surface area (Å²) in [5.74, 6) is 2.60. The van der Waals surface area contributed by atoms with Gasteiger partial charge in [-0.3, -0.25) is 4.68 Å². The number of aliphatic hydroxyl groups is 1. The zero-order valence-corrected chi connectivity index (χ0v) is 9.39. The van der Waals surface area contributed by atoms with Gasteiger partial charge >= 0.3 is 0 Å². The Morgan fingerprint density at radius 3 is 3.12 bits per heavy atom. The summed E-state index contributed by atoms with van der Waals surface area (Å²) in [5, 5.41) is 19.9. The summed E-state index contributed by atoms with van der Waals surface area (Å²) < 4.78 is 1.74. The summed E-state index contributed by atoms with van der Waals surface area (Å²) in [5.41, 5.74) is 0.915. The Morgan fingerprint density at radius 1 is 1.50 bits per heavy atom. The first-order valence-corrected chi connectivity index (χ1v) is 5.51. The molecule has 2 N–H and O–H groups in total. The van der Waals surface area contributed by atoms with Gasteiger partial charge in [-0.25, -0.2) is 0 Å². The number of unbranched alkanes of at least 4 members (excludes halogenated alkanes) is 1. The third-order valence-corrected chi connectivity index (χ3v) is 2.11. The van der Waals surface area contributed by atoms with Gasteiger partial charge in [0, 0.05) is 32.3 Å². The first-order valence-electron chi connectivity index (χ1n) is 5.51. The minimum absolute atomic E-state index is 0.180. The summed E-state index contributed by atoms with van der Waals surface area (Å²) in [6, 6.07) is 0. The van der Waals surface area contributed by atoms with Gasteiger partial charge in [-0.05, 0) is 19.4 Å². The molecule has 1 heterocycles. The molecule has 0 bridgehead atoms. The van der Waals surface area contributed by atoms with Gasteiger partial charge in [0.25, 0.3) is 0 Å². The third-order valence-electron chi connectivity index (χ3n) is 2.11. The van der Waals surface area contributed by atoms with Crippen molar-refractivity contribution in [3.63, 3.8) is 0 Å². The maximum atomic E-state index is 8.67. The van der Waals surface area contributed by atoms with E-state index in [0.29, 0.717) is 19.5 Å². The molecule has 1 rings (SSSR count). The van der Waals surface area contributed by atoms with Crippen LogP contribution in [0.5, 0.6) is 0 Å². The summed E-state index contributed by atoms with van der Waals surface area (Å²) in [4.78, 5) is 0. The molecule has 0 amide bonds. The van der Waals surface area contributed by atoms with Crippen LogP contribution in [0.3, 0.4) is 0 Å². The van der Waals surface area contributed by atoms with Crippen molar-refractivity contribution in [1.29, 1.82) is 0 Å². The molecule has 0 atom stereocenters. The predicted molar refractivity (Wildman–Crippen MR) is 61.5 cm³/mol. The molecule has 0 aliphatic carbocycles. The van der Waals surface area contributed by atoms with Gasteiger partial charge in [-0.1, -0.05) is 5.21 Å². The molecule has 0 saturated heterocycles. The molecule has 5 heteroatoms. The SMILES string of the molecule is C#CCCCNCc1cn(CCCO)nn1. The zero-order chi connectivity index (χ0) is 11.6. The smallest absolute Gasteiger partial charge is 0.0964 e. The number of hydrogen-bond donors (Lipinski definition) is 2. The van der Waals surface area contributed by atoms with Crippen LogP contribution in [0.15, 0.2) is 6.20 Å². The van der Waals surface area contributed by atoms with Crippen molar-refractivity contribution >= 4 is 0 Å². The first-order chi connectivity index (χ1) is 7.86. The lowest BCUT2D eigenvalue weighted by atomic mass is 10.3. The van der Waals surface area contributed by atoms with Crippen molar-refractivity contribution in [2.75, 3.05) is 13.2 Å². The molecule has 0 radical (unpaired) electrons. The fourth-order valence-electron chi connectivity index (χ4n) is 1.29. The highest BCUT2D eigenvalue weighted by molar-refractivity contribution is 4.91. The van der Waals surface area contributed by atoms with E-state index in [0.717, 1.165) is 25.1 Å². The molecule has 0 aliphatic heterocycles. The average molecular weight is 222 g/mol. The third kappa shape index (κ3) is 4.91. The largest absolute Gasteiger partial charge is 0.396 e. The van der Waals surface area contributed by atoms with E-state index in [4.69, 9.17) is 11.5 Å². The topological polar surface area (TPSA) is 63.0 Å². The van der Waals surface area contributed by atoms with Crippen LogP contribution in [0, 0.1) is 12.3 Å². The fourth-order valence-corrected chi connectivity index (χ4v) is 1.29. The van der Waals surface area contributed by atoms with Crippen LogP contribution in [0.1, 0.15) is 25.0 Å². The van der Waals surface area contributed by atoms with Crippen molar-refractivity contribution in [3.05, 3.63) is 11.9 Å². The zero-order valence-electron chi connectivity index (χ0n) is 9.39. The van der Waals surface area contributed by atoms with Crippen molar-refractivity contribution in [1.82, 2.24) is 20.3 Å². The van der Waals surface area contributed by atoms with E-state index < -0.39 is 0 Å². The van der Waals surface area contributed by atoms with Gasteiger partial charge in [0.05, 0.1) is 5.69 Å². The number of terminal acetylenes is 1. The fraction of sp³-hybridized carbons (Fsp3) is 0.636. The summed E-state index contributed by atoms with van der Waals surface area (Å²) >= 11 is 0. The lowest BCUT2D eigenvalue weighted by Gasteiger charge is -1.99. The van der Waals surface area contributed by atoms with Crippen LogP contribution in [0.2, 0.25) is 0 Å². The normalized spacial score (nSPS) is 10.2. The van der Waals surface area contributed by atoms with E-state index in [1.165, 1.54) is 0 Å². The molecule has 5 nitrogen and oxygen atoms in total. The Labute approximate surface area is 95.9 Å². The Balaban J connectivity index is 2.17. The van der Waals surface area contributed by atoms with Gasteiger partial charge < -0.3 is 10.4 Å².